The van der Waals surface area contributed by atoms with Crippen LogP contribution in [0.15, 0.2) is 22.7 Å². The first kappa shape index (κ1) is 14.4. The van der Waals surface area contributed by atoms with Crippen LogP contribution in [0.2, 0.25) is 0 Å². The number of rotatable bonds is 3. The van der Waals surface area contributed by atoms with Gasteiger partial charge in [-0.25, -0.2) is 4.39 Å². The van der Waals surface area contributed by atoms with Gasteiger partial charge in [0, 0.05) is 55.8 Å². The molecule has 110 valence electrons. The van der Waals surface area contributed by atoms with E-state index in [0.717, 1.165) is 43.7 Å². The Balaban J connectivity index is 1.58. The average Bonchev–Trinajstić information content (AvgIpc) is 2.38. The van der Waals surface area contributed by atoms with Gasteiger partial charge in [0.25, 0.3) is 0 Å². The van der Waals surface area contributed by atoms with Gasteiger partial charge in [-0.1, -0.05) is 22.0 Å². The highest BCUT2D eigenvalue weighted by Crippen LogP contribution is 2.32. The lowest BCUT2D eigenvalue weighted by molar-refractivity contribution is 0.00329. The predicted molar refractivity (Wildman–Crippen MR) is 82.3 cm³/mol. The van der Waals surface area contributed by atoms with Gasteiger partial charge in [-0.15, -0.1) is 0 Å². The Morgan fingerprint density at radius 3 is 2.65 bits per heavy atom. The smallest absolute Gasteiger partial charge is 0.124 e. The standard InChI is InChI=1S/C15H21BrFN3/c1-11(14-3-2-12(17)8-15(14)16)20-9-13(10-20)19-6-4-18-5-7-19/h2-3,8,11,13,18H,4-7,9-10H2,1H3. The van der Waals surface area contributed by atoms with E-state index in [0.29, 0.717) is 12.1 Å². The minimum atomic E-state index is -0.185. The summed E-state index contributed by atoms with van der Waals surface area (Å²) in [6.45, 7) is 8.97. The summed E-state index contributed by atoms with van der Waals surface area (Å²) in [6.07, 6.45) is 0. The lowest BCUT2D eigenvalue weighted by Gasteiger charge is -2.49. The average molecular weight is 342 g/mol. The number of hydrogen-bond donors (Lipinski definition) is 1. The Labute approximate surface area is 128 Å². The molecule has 0 amide bonds. The zero-order valence-electron chi connectivity index (χ0n) is 11.8. The molecule has 2 saturated heterocycles. The molecule has 2 aliphatic heterocycles. The van der Waals surface area contributed by atoms with Crippen LogP contribution < -0.4 is 5.32 Å². The van der Waals surface area contributed by atoms with Crippen LogP contribution in [-0.4, -0.2) is 55.1 Å². The van der Waals surface area contributed by atoms with Gasteiger partial charge >= 0.3 is 0 Å². The minimum absolute atomic E-state index is 0.185. The van der Waals surface area contributed by atoms with Gasteiger partial charge in [-0.05, 0) is 24.6 Å². The summed E-state index contributed by atoms with van der Waals surface area (Å²) >= 11 is 3.48. The van der Waals surface area contributed by atoms with Crippen molar-refractivity contribution in [1.29, 1.82) is 0 Å². The molecule has 0 spiro atoms. The summed E-state index contributed by atoms with van der Waals surface area (Å²) in [7, 11) is 0. The van der Waals surface area contributed by atoms with E-state index >= 15 is 0 Å². The number of hydrogen-bond acceptors (Lipinski definition) is 3. The molecular formula is C15H21BrFN3. The molecule has 3 nitrogen and oxygen atoms in total. The van der Waals surface area contributed by atoms with Gasteiger partial charge in [-0.2, -0.15) is 0 Å². The van der Waals surface area contributed by atoms with E-state index in [1.165, 1.54) is 5.56 Å². The zero-order valence-corrected chi connectivity index (χ0v) is 13.4. The third-order valence-corrected chi connectivity index (χ3v) is 5.21. The maximum absolute atomic E-state index is 13.2. The normalized spacial score (nSPS) is 23.6. The topological polar surface area (TPSA) is 18.5 Å². The van der Waals surface area contributed by atoms with E-state index in [1.54, 1.807) is 12.1 Å². The number of piperazine rings is 1. The zero-order chi connectivity index (χ0) is 14.1. The number of nitrogens with one attached hydrogen (secondary N) is 1. The Morgan fingerprint density at radius 1 is 1.30 bits per heavy atom. The van der Waals surface area contributed by atoms with Crippen molar-refractivity contribution in [2.45, 2.75) is 19.0 Å². The number of likely N-dealkylation sites (tertiary alicyclic amines) is 1. The summed E-state index contributed by atoms with van der Waals surface area (Å²) in [6, 6.07) is 6.02. The predicted octanol–water partition coefficient (Wildman–Crippen LogP) is 2.24. The van der Waals surface area contributed by atoms with Gasteiger partial charge in [0.2, 0.25) is 0 Å². The Morgan fingerprint density at radius 2 is 2.00 bits per heavy atom. The van der Waals surface area contributed by atoms with Crippen LogP contribution in [0.5, 0.6) is 0 Å². The van der Waals surface area contributed by atoms with Crippen LogP contribution in [-0.2, 0) is 0 Å². The molecule has 2 fully saturated rings. The Hall–Kier alpha value is -0.490. The number of benzene rings is 1. The maximum Gasteiger partial charge on any atom is 0.124 e. The first-order valence-corrected chi connectivity index (χ1v) is 8.08. The fraction of sp³-hybridized carbons (Fsp3) is 0.600. The van der Waals surface area contributed by atoms with Gasteiger partial charge in [0.15, 0.2) is 0 Å². The van der Waals surface area contributed by atoms with E-state index in [4.69, 9.17) is 0 Å². The molecule has 0 aliphatic carbocycles. The first-order chi connectivity index (χ1) is 9.65. The van der Waals surface area contributed by atoms with Crippen LogP contribution in [0.1, 0.15) is 18.5 Å². The molecule has 0 radical (unpaired) electrons. The quantitative estimate of drug-likeness (QED) is 0.909. The molecule has 1 unspecified atom stereocenters. The lowest BCUT2D eigenvalue weighted by Crippen LogP contribution is -2.62. The lowest BCUT2D eigenvalue weighted by atomic mass is 9.99. The molecule has 1 N–H and O–H groups in total. The summed E-state index contributed by atoms with van der Waals surface area (Å²) < 4.78 is 14.0. The Kier molecular flexibility index (Phi) is 4.40. The molecule has 0 bridgehead atoms. The van der Waals surface area contributed by atoms with Crippen LogP contribution in [0.25, 0.3) is 0 Å². The number of nitrogens with zero attached hydrogens (tertiary/aromatic N) is 2. The highest BCUT2D eigenvalue weighted by atomic mass is 79.9. The van der Waals surface area contributed by atoms with Gasteiger partial charge in [-0.3, -0.25) is 9.80 Å². The number of halogens is 2. The molecule has 0 saturated carbocycles. The molecule has 3 rings (SSSR count). The van der Waals surface area contributed by atoms with E-state index < -0.39 is 0 Å². The van der Waals surface area contributed by atoms with Crippen molar-refractivity contribution in [2.24, 2.45) is 0 Å². The fourth-order valence-electron chi connectivity index (χ4n) is 3.12. The van der Waals surface area contributed by atoms with Crippen molar-refractivity contribution >= 4 is 15.9 Å². The highest BCUT2D eigenvalue weighted by molar-refractivity contribution is 9.10. The van der Waals surface area contributed by atoms with Gasteiger partial charge < -0.3 is 5.32 Å². The second-order valence-corrected chi connectivity index (χ2v) is 6.59. The van der Waals surface area contributed by atoms with Gasteiger partial charge in [0.1, 0.15) is 5.82 Å². The van der Waals surface area contributed by atoms with E-state index in [1.807, 2.05) is 6.07 Å². The largest absolute Gasteiger partial charge is 0.314 e. The summed E-state index contributed by atoms with van der Waals surface area (Å²) in [5, 5.41) is 3.39. The Bertz CT molecular complexity index is 470. The second-order valence-electron chi connectivity index (χ2n) is 5.74. The molecule has 1 aromatic rings. The molecule has 1 atom stereocenters. The molecule has 1 aromatic carbocycles. The van der Waals surface area contributed by atoms with Crippen molar-refractivity contribution in [1.82, 2.24) is 15.1 Å². The molecule has 2 heterocycles. The van der Waals surface area contributed by atoms with Crippen LogP contribution >= 0.6 is 15.9 Å². The summed E-state index contributed by atoms with van der Waals surface area (Å²) in [5.74, 6) is -0.185. The van der Waals surface area contributed by atoms with Crippen LogP contribution in [0.3, 0.4) is 0 Å². The molecule has 0 aromatic heterocycles. The first-order valence-electron chi connectivity index (χ1n) is 7.29. The second kappa shape index (κ2) is 6.10. The monoisotopic (exact) mass is 341 g/mol. The third-order valence-electron chi connectivity index (χ3n) is 4.52. The van der Waals surface area contributed by atoms with E-state index in [2.05, 4.69) is 38.0 Å². The molecule has 20 heavy (non-hydrogen) atoms. The highest BCUT2D eigenvalue weighted by Gasteiger charge is 2.35. The van der Waals surface area contributed by atoms with Gasteiger partial charge in [0.05, 0.1) is 0 Å². The molecular weight excluding hydrogens is 321 g/mol. The van der Waals surface area contributed by atoms with Crippen molar-refractivity contribution in [3.63, 3.8) is 0 Å². The van der Waals surface area contributed by atoms with Crippen LogP contribution in [0, 0.1) is 5.82 Å². The van der Waals surface area contributed by atoms with E-state index in [-0.39, 0.29) is 5.82 Å². The van der Waals surface area contributed by atoms with Crippen molar-refractivity contribution in [3.8, 4) is 0 Å². The van der Waals surface area contributed by atoms with Crippen LogP contribution in [0.4, 0.5) is 4.39 Å². The SMILES string of the molecule is CC(c1ccc(F)cc1Br)N1CC(N2CCNCC2)C1. The maximum atomic E-state index is 13.2. The molecule has 2 aliphatic rings. The van der Waals surface area contributed by atoms with E-state index in [9.17, 15) is 4.39 Å². The van der Waals surface area contributed by atoms with Crippen molar-refractivity contribution in [3.05, 3.63) is 34.1 Å². The molecule has 5 heteroatoms. The summed E-state index contributed by atoms with van der Waals surface area (Å²) in [5.41, 5.74) is 1.17. The van der Waals surface area contributed by atoms with Crippen molar-refractivity contribution < 1.29 is 4.39 Å². The van der Waals surface area contributed by atoms with Crippen molar-refractivity contribution in [2.75, 3.05) is 39.3 Å². The minimum Gasteiger partial charge on any atom is -0.314 e. The summed E-state index contributed by atoms with van der Waals surface area (Å²) in [4.78, 5) is 5.05. The fourth-order valence-corrected chi connectivity index (χ4v) is 3.80. The third kappa shape index (κ3) is 2.91.